The average Bonchev–Trinajstić information content (AvgIpc) is 2.91. The molecule has 0 aliphatic carbocycles. The number of halogens is 1. The summed E-state index contributed by atoms with van der Waals surface area (Å²) in [6, 6.07) is 28.8. The van der Waals surface area contributed by atoms with Gasteiger partial charge in [0.15, 0.2) is 0 Å². The van der Waals surface area contributed by atoms with E-state index in [2.05, 4.69) is 5.32 Å². The molecule has 0 radical (unpaired) electrons. The molecule has 7 heteroatoms. The van der Waals surface area contributed by atoms with Gasteiger partial charge in [-0.25, -0.2) is 4.39 Å². The van der Waals surface area contributed by atoms with Gasteiger partial charge in [-0.1, -0.05) is 43.0 Å². The van der Waals surface area contributed by atoms with Crippen LogP contribution in [0, 0.1) is 5.82 Å². The number of anilines is 3. The first-order chi connectivity index (χ1) is 17.5. The van der Waals surface area contributed by atoms with E-state index in [-0.39, 0.29) is 22.9 Å². The van der Waals surface area contributed by atoms with Crippen LogP contribution in [0.15, 0.2) is 112 Å². The summed E-state index contributed by atoms with van der Waals surface area (Å²) in [5, 5.41) is 2.54. The minimum absolute atomic E-state index is 0.0383. The lowest BCUT2D eigenvalue weighted by Gasteiger charge is -2.33. The maximum Gasteiger partial charge on any atom is 0.255 e. The molecular formula is C29H23FN2O2S2. The Morgan fingerprint density at radius 3 is 2.03 bits per heavy atom. The SMILES string of the molecule is CCC(Sc1ccc(NC(=O)c2ccc(F)cc2)cc1)C(=O)N1c2ccccc2Sc2ccccc21. The van der Waals surface area contributed by atoms with Crippen LogP contribution in [0.1, 0.15) is 23.7 Å². The number of carbonyl (C=O) groups excluding carboxylic acids is 2. The van der Waals surface area contributed by atoms with Crippen molar-refractivity contribution in [3.05, 3.63) is 108 Å². The van der Waals surface area contributed by atoms with Crippen LogP contribution < -0.4 is 10.2 Å². The van der Waals surface area contributed by atoms with Crippen LogP contribution in [0.4, 0.5) is 21.5 Å². The summed E-state index contributed by atoms with van der Waals surface area (Å²) in [4.78, 5) is 31.2. The van der Waals surface area contributed by atoms with Gasteiger partial charge in [-0.3, -0.25) is 14.5 Å². The molecule has 1 aliphatic rings. The zero-order valence-corrected chi connectivity index (χ0v) is 21.1. The molecule has 1 heterocycles. The molecule has 0 aromatic heterocycles. The molecule has 1 aliphatic heterocycles. The van der Waals surface area contributed by atoms with E-state index in [0.29, 0.717) is 17.7 Å². The van der Waals surface area contributed by atoms with Gasteiger partial charge in [0.2, 0.25) is 5.91 Å². The predicted octanol–water partition coefficient (Wildman–Crippen LogP) is 7.78. The van der Waals surface area contributed by atoms with Gasteiger partial charge in [-0.2, -0.15) is 0 Å². The van der Waals surface area contributed by atoms with Gasteiger partial charge in [0.05, 0.1) is 16.6 Å². The van der Waals surface area contributed by atoms with Gasteiger partial charge in [0.1, 0.15) is 5.82 Å². The van der Waals surface area contributed by atoms with Gasteiger partial charge < -0.3 is 5.32 Å². The summed E-state index contributed by atoms with van der Waals surface area (Å²) < 4.78 is 13.1. The van der Waals surface area contributed by atoms with Crippen LogP contribution >= 0.6 is 23.5 Å². The average molecular weight is 515 g/mol. The molecule has 0 spiro atoms. The van der Waals surface area contributed by atoms with E-state index in [1.165, 1.54) is 36.0 Å². The fourth-order valence-corrected chi connectivity index (χ4v) is 6.03. The summed E-state index contributed by atoms with van der Waals surface area (Å²) in [5.74, 6) is -0.656. The minimum atomic E-state index is -0.386. The number of rotatable bonds is 6. The van der Waals surface area contributed by atoms with Crippen LogP contribution in [0.2, 0.25) is 0 Å². The number of thioether (sulfide) groups is 1. The highest BCUT2D eigenvalue weighted by atomic mass is 32.2. The standard InChI is InChI=1S/C29H23FN2O2S2/c1-2-25(29(34)32-23-7-3-5-9-26(23)36-27-10-6-4-8-24(27)32)35-22-17-15-21(16-18-22)31-28(33)19-11-13-20(30)14-12-19/h3-18,25H,2H2,1H3,(H,31,33). The topological polar surface area (TPSA) is 49.4 Å². The van der Waals surface area contributed by atoms with Crippen molar-refractivity contribution < 1.29 is 14.0 Å². The zero-order valence-electron chi connectivity index (χ0n) is 19.5. The summed E-state index contributed by atoms with van der Waals surface area (Å²) in [5.41, 5.74) is 2.82. The Hall–Kier alpha value is -3.55. The lowest BCUT2D eigenvalue weighted by Crippen LogP contribution is -2.35. The normalized spacial score (nSPS) is 12.9. The number of fused-ring (bicyclic) bond motifs is 2. The zero-order chi connectivity index (χ0) is 25.1. The molecule has 0 bridgehead atoms. The van der Waals surface area contributed by atoms with E-state index in [9.17, 15) is 14.0 Å². The highest BCUT2D eigenvalue weighted by molar-refractivity contribution is 8.00. The Balaban J connectivity index is 1.33. The number of hydrogen-bond donors (Lipinski definition) is 1. The first kappa shape index (κ1) is 24.2. The van der Waals surface area contributed by atoms with E-state index < -0.39 is 0 Å². The van der Waals surface area contributed by atoms with Crippen molar-refractivity contribution in [3.63, 3.8) is 0 Å². The number of para-hydroxylation sites is 2. The van der Waals surface area contributed by atoms with Crippen molar-refractivity contribution in [2.75, 3.05) is 10.2 Å². The lowest BCUT2D eigenvalue weighted by atomic mass is 10.2. The molecule has 0 saturated carbocycles. The third-order valence-electron chi connectivity index (χ3n) is 5.80. The summed E-state index contributed by atoms with van der Waals surface area (Å²) in [6.07, 6.45) is 0.667. The smallest absolute Gasteiger partial charge is 0.255 e. The van der Waals surface area contributed by atoms with E-state index >= 15 is 0 Å². The Morgan fingerprint density at radius 1 is 0.861 bits per heavy atom. The summed E-state index contributed by atoms with van der Waals surface area (Å²) in [7, 11) is 0. The summed E-state index contributed by atoms with van der Waals surface area (Å²) in [6.45, 7) is 2.02. The first-order valence-corrected chi connectivity index (χ1v) is 13.3. The van der Waals surface area contributed by atoms with Crippen LogP contribution in [-0.2, 0) is 4.79 Å². The van der Waals surface area contributed by atoms with Gasteiger partial charge in [-0.15, -0.1) is 11.8 Å². The van der Waals surface area contributed by atoms with Crippen LogP contribution in [0.3, 0.4) is 0 Å². The van der Waals surface area contributed by atoms with Crippen molar-refractivity contribution in [2.24, 2.45) is 0 Å². The van der Waals surface area contributed by atoms with Gasteiger partial charge in [0, 0.05) is 25.9 Å². The maximum absolute atomic E-state index is 13.9. The Bertz CT molecular complexity index is 1360. The van der Waals surface area contributed by atoms with Crippen molar-refractivity contribution >= 4 is 52.4 Å². The number of hydrogen-bond acceptors (Lipinski definition) is 4. The number of benzene rings is 4. The quantitative estimate of drug-likeness (QED) is 0.267. The van der Waals surface area contributed by atoms with E-state index in [1.54, 1.807) is 11.8 Å². The number of nitrogens with one attached hydrogen (secondary N) is 1. The highest BCUT2D eigenvalue weighted by Gasteiger charge is 2.32. The van der Waals surface area contributed by atoms with Crippen molar-refractivity contribution in [2.45, 2.75) is 33.3 Å². The minimum Gasteiger partial charge on any atom is -0.322 e. The van der Waals surface area contributed by atoms with E-state index in [4.69, 9.17) is 0 Å². The molecular weight excluding hydrogens is 491 g/mol. The van der Waals surface area contributed by atoms with Crippen molar-refractivity contribution in [1.82, 2.24) is 0 Å². The van der Waals surface area contributed by atoms with Crippen molar-refractivity contribution in [3.8, 4) is 0 Å². The third kappa shape index (κ3) is 5.03. The van der Waals surface area contributed by atoms with E-state index in [1.807, 2.05) is 84.6 Å². The Kier molecular flexibility index (Phi) is 7.11. The van der Waals surface area contributed by atoms with Crippen LogP contribution in [-0.4, -0.2) is 17.1 Å². The molecule has 1 N–H and O–H groups in total. The molecule has 36 heavy (non-hydrogen) atoms. The molecule has 4 aromatic rings. The van der Waals surface area contributed by atoms with Gasteiger partial charge >= 0.3 is 0 Å². The molecule has 4 nitrogen and oxygen atoms in total. The molecule has 180 valence electrons. The fraction of sp³-hybridized carbons (Fsp3) is 0.103. The maximum atomic E-state index is 13.9. The Morgan fingerprint density at radius 2 is 1.44 bits per heavy atom. The number of carbonyl (C=O) groups is 2. The van der Waals surface area contributed by atoms with Gasteiger partial charge in [-0.05, 0) is 79.2 Å². The Labute approximate surface area is 217 Å². The highest BCUT2D eigenvalue weighted by Crippen LogP contribution is 2.48. The van der Waals surface area contributed by atoms with Crippen LogP contribution in [0.25, 0.3) is 0 Å². The summed E-state index contributed by atoms with van der Waals surface area (Å²) >= 11 is 3.19. The molecule has 1 atom stereocenters. The number of amides is 2. The molecule has 2 amide bonds. The van der Waals surface area contributed by atoms with Crippen molar-refractivity contribution in [1.29, 1.82) is 0 Å². The van der Waals surface area contributed by atoms with E-state index in [0.717, 1.165) is 26.1 Å². The second-order valence-electron chi connectivity index (χ2n) is 8.21. The second-order valence-corrected chi connectivity index (χ2v) is 10.6. The second kappa shape index (κ2) is 10.6. The fourth-order valence-electron chi connectivity index (χ4n) is 3.98. The predicted molar refractivity (Wildman–Crippen MR) is 145 cm³/mol. The largest absolute Gasteiger partial charge is 0.322 e. The number of nitrogens with zero attached hydrogens (tertiary/aromatic N) is 1. The molecule has 4 aromatic carbocycles. The third-order valence-corrected chi connectivity index (χ3v) is 8.29. The van der Waals surface area contributed by atoms with Gasteiger partial charge in [0.25, 0.3) is 5.91 Å². The molecule has 0 saturated heterocycles. The molecule has 5 rings (SSSR count). The lowest BCUT2D eigenvalue weighted by molar-refractivity contribution is -0.117. The monoisotopic (exact) mass is 514 g/mol. The molecule has 0 fully saturated rings. The van der Waals surface area contributed by atoms with Crippen LogP contribution in [0.5, 0.6) is 0 Å². The molecule has 1 unspecified atom stereocenters. The first-order valence-electron chi connectivity index (χ1n) is 11.6.